The van der Waals surface area contributed by atoms with Crippen LogP contribution in [-0.2, 0) is 14.3 Å². The van der Waals surface area contributed by atoms with Crippen LogP contribution in [0, 0.1) is 0 Å². The summed E-state index contributed by atoms with van der Waals surface area (Å²) in [6.45, 7) is 6.53. The zero-order valence-corrected chi connectivity index (χ0v) is 8.23. The van der Waals surface area contributed by atoms with E-state index >= 15 is 0 Å². The van der Waals surface area contributed by atoms with Gasteiger partial charge in [0.25, 0.3) is 10.1 Å². The molecule has 60 valence electrons. The standard InChI is InChI=1S/C5H12O3SSi/c1-10(2,3)5-4-8-9(5,6)7/h5H,4H2,1-3H3. The third kappa shape index (κ3) is 1.26. The SMILES string of the molecule is C[Si](C)(C)C1COS1(=O)=O. The molecule has 0 aromatic rings. The molecule has 1 aliphatic rings. The molecule has 3 nitrogen and oxygen atoms in total. The summed E-state index contributed by atoms with van der Waals surface area (Å²) in [5.74, 6) is 0. The van der Waals surface area contributed by atoms with Gasteiger partial charge in [-0.05, 0) is 0 Å². The van der Waals surface area contributed by atoms with Crippen LogP contribution >= 0.6 is 0 Å². The van der Waals surface area contributed by atoms with Gasteiger partial charge in [-0.2, -0.15) is 8.42 Å². The second kappa shape index (κ2) is 2.06. The third-order valence-corrected chi connectivity index (χ3v) is 8.08. The smallest absolute Gasteiger partial charge is 0.269 e. The summed E-state index contributed by atoms with van der Waals surface area (Å²) >= 11 is 0. The maximum absolute atomic E-state index is 10.9. The Hall–Kier alpha value is 0.127. The van der Waals surface area contributed by atoms with Gasteiger partial charge in [0.2, 0.25) is 0 Å². The Morgan fingerprint density at radius 1 is 1.40 bits per heavy atom. The van der Waals surface area contributed by atoms with Gasteiger partial charge in [-0.25, -0.2) is 0 Å². The van der Waals surface area contributed by atoms with Crippen LogP contribution in [-0.4, -0.2) is 28.0 Å². The van der Waals surface area contributed by atoms with Crippen LogP contribution in [0.1, 0.15) is 0 Å². The van der Waals surface area contributed by atoms with Crippen molar-refractivity contribution in [2.45, 2.75) is 24.5 Å². The minimum absolute atomic E-state index is 0.167. The monoisotopic (exact) mass is 180 g/mol. The summed E-state index contributed by atoms with van der Waals surface area (Å²) in [4.78, 5) is -0.167. The molecule has 1 unspecified atom stereocenters. The van der Waals surface area contributed by atoms with Gasteiger partial charge in [-0.3, -0.25) is 4.18 Å². The van der Waals surface area contributed by atoms with Crippen molar-refractivity contribution in [3.8, 4) is 0 Å². The first kappa shape index (κ1) is 8.23. The summed E-state index contributed by atoms with van der Waals surface area (Å²) < 4.78 is 26.2. The fourth-order valence-corrected chi connectivity index (χ4v) is 5.80. The van der Waals surface area contributed by atoms with E-state index in [-0.39, 0.29) is 4.87 Å². The van der Waals surface area contributed by atoms with E-state index in [4.69, 9.17) is 0 Å². The first-order valence-corrected chi connectivity index (χ1v) is 8.27. The Labute approximate surface area is 62.5 Å². The van der Waals surface area contributed by atoms with Crippen molar-refractivity contribution in [2.24, 2.45) is 0 Å². The molecule has 0 aromatic heterocycles. The summed E-state index contributed by atoms with van der Waals surface area (Å²) in [7, 11) is -4.64. The molecule has 0 radical (unpaired) electrons. The molecule has 10 heavy (non-hydrogen) atoms. The molecular weight excluding hydrogens is 168 g/mol. The van der Waals surface area contributed by atoms with Crippen LogP contribution in [0.15, 0.2) is 0 Å². The van der Waals surface area contributed by atoms with E-state index in [1.165, 1.54) is 0 Å². The van der Waals surface area contributed by atoms with E-state index in [0.717, 1.165) is 0 Å². The lowest BCUT2D eigenvalue weighted by atomic mass is 10.8. The molecule has 1 saturated heterocycles. The van der Waals surface area contributed by atoms with Gasteiger partial charge >= 0.3 is 0 Å². The molecule has 0 amide bonds. The van der Waals surface area contributed by atoms with E-state index in [1.807, 2.05) is 19.6 Å². The van der Waals surface area contributed by atoms with Crippen LogP contribution in [0.25, 0.3) is 0 Å². The minimum atomic E-state index is -3.12. The Balaban J connectivity index is 2.80. The van der Waals surface area contributed by atoms with Crippen LogP contribution in [0.5, 0.6) is 0 Å². The largest absolute Gasteiger partial charge is 0.269 e. The third-order valence-electron chi connectivity index (χ3n) is 1.70. The summed E-state index contributed by atoms with van der Waals surface area (Å²) in [6, 6.07) is 0. The topological polar surface area (TPSA) is 43.4 Å². The van der Waals surface area contributed by atoms with Crippen LogP contribution < -0.4 is 0 Å². The fraction of sp³-hybridized carbons (Fsp3) is 1.00. The van der Waals surface area contributed by atoms with Gasteiger partial charge in [0.1, 0.15) is 4.87 Å². The zero-order valence-electron chi connectivity index (χ0n) is 6.42. The lowest BCUT2D eigenvalue weighted by molar-refractivity contribution is 0.270. The Bertz CT molecular complexity index is 226. The minimum Gasteiger partial charge on any atom is -0.269 e. The van der Waals surface area contributed by atoms with E-state index < -0.39 is 18.2 Å². The molecule has 1 rings (SSSR count). The highest BCUT2D eigenvalue weighted by Gasteiger charge is 2.46. The van der Waals surface area contributed by atoms with Crippen molar-refractivity contribution in [2.75, 3.05) is 6.61 Å². The number of rotatable bonds is 1. The van der Waals surface area contributed by atoms with Crippen LogP contribution in [0.3, 0.4) is 0 Å². The molecule has 0 spiro atoms. The maximum Gasteiger partial charge on any atom is 0.269 e. The molecule has 1 aliphatic heterocycles. The highest BCUT2D eigenvalue weighted by atomic mass is 32.2. The van der Waals surface area contributed by atoms with Crippen LogP contribution in [0.2, 0.25) is 19.6 Å². The summed E-state index contributed by atoms with van der Waals surface area (Å²) in [5.41, 5.74) is 0. The van der Waals surface area contributed by atoms with Gasteiger partial charge in [-0.15, -0.1) is 0 Å². The Kier molecular flexibility index (Phi) is 1.69. The second-order valence-corrected chi connectivity index (χ2v) is 11.3. The van der Waals surface area contributed by atoms with E-state index in [9.17, 15) is 8.42 Å². The first-order chi connectivity index (χ1) is 4.34. The molecule has 1 heterocycles. The Morgan fingerprint density at radius 2 is 1.90 bits per heavy atom. The number of hydrogen-bond acceptors (Lipinski definition) is 3. The first-order valence-electron chi connectivity index (χ1n) is 3.22. The average Bonchev–Trinajstić information content (AvgIpc) is 1.58. The van der Waals surface area contributed by atoms with Crippen molar-refractivity contribution in [1.29, 1.82) is 0 Å². The van der Waals surface area contributed by atoms with Gasteiger partial charge < -0.3 is 0 Å². The molecule has 0 N–H and O–H groups in total. The van der Waals surface area contributed by atoms with Gasteiger partial charge in [0.05, 0.1) is 14.7 Å². The highest BCUT2D eigenvalue weighted by Crippen LogP contribution is 2.26. The van der Waals surface area contributed by atoms with Crippen molar-refractivity contribution in [1.82, 2.24) is 0 Å². The average molecular weight is 180 g/mol. The molecular formula is C5H12O3SSi. The molecule has 0 aromatic carbocycles. The van der Waals surface area contributed by atoms with Crippen molar-refractivity contribution in [3.63, 3.8) is 0 Å². The maximum atomic E-state index is 10.9. The molecule has 1 fully saturated rings. The van der Waals surface area contributed by atoms with Gasteiger partial charge in [0.15, 0.2) is 0 Å². The fourth-order valence-electron chi connectivity index (χ4n) is 0.930. The molecule has 1 atom stereocenters. The van der Waals surface area contributed by atoms with E-state index in [0.29, 0.717) is 6.61 Å². The highest BCUT2D eigenvalue weighted by molar-refractivity contribution is 7.90. The van der Waals surface area contributed by atoms with Gasteiger partial charge in [-0.1, -0.05) is 19.6 Å². The van der Waals surface area contributed by atoms with Crippen molar-refractivity contribution < 1.29 is 12.6 Å². The normalized spacial score (nSPS) is 31.3. The van der Waals surface area contributed by atoms with Crippen molar-refractivity contribution >= 4 is 18.2 Å². The predicted molar refractivity (Wildman–Crippen MR) is 42.0 cm³/mol. The summed E-state index contributed by atoms with van der Waals surface area (Å²) in [5, 5.41) is 0. The molecule has 0 aliphatic carbocycles. The summed E-state index contributed by atoms with van der Waals surface area (Å²) in [6.07, 6.45) is 0. The second-order valence-electron chi connectivity index (χ2n) is 3.63. The van der Waals surface area contributed by atoms with Crippen LogP contribution in [0.4, 0.5) is 0 Å². The lowest BCUT2D eigenvalue weighted by Gasteiger charge is -2.34. The van der Waals surface area contributed by atoms with E-state index in [1.54, 1.807) is 0 Å². The van der Waals surface area contributed by atoms with Crippen molar-refractivity contribution in [3.05, 3.63) is 0 Å². The quantitative estimate of drug-likeness (QED) is 0.438. The predicted octanol–water partition coefficient (Wildman–Crippen LogP) is 0.592. The number of hydrogen-bond donors (Lipinski definition) is 0. The molecule has 0 saturated carbocycles. The zero-order chi connectivity index (χ0) is 7.99. The molecule has 5 heteroatoms. The lowest BCUT2D eigenvalue weighted by Crippen LogP contribution is -2.55. The molecule has 0 bridgehead atoms. The van der Waals surface area contributed by atoms with Gasteiger partial charge in [0, 0.05) is 0 Å². The Morgan fingerprint density at radius 3 is 1.90 bits per heavy atom. The van der Waals surface area contributed by atoms with E-state index in [2.05, 4.69) is 4.18 Å².